The van der Waals surface area contributed by atoms with Crippen molar-refractivity contribution in [2.45, 2.75) is 0 Å². The molecule has 35 heavy (non-hydrogen) atoms. The predicted molar refractivity (Wildman–Crippen MR) is 140 cm³/mol. The molecular formula is C29H20BrNO4. The predicted octanol–water partition coefficient (Wildman–Crippen LogP) is 6.97. The Kier molecular flexibility index (Phi) is 6.21. The molecule has 2 heterocycles. The maximum atomic E-state index is 13.6. The number of esters is 1. The zero-order chi connectivity index (χ0) is 24.4. The van der Waals surface area contributed by atoms with Crippen LogP contribution in [0.4, 0.5) is 5.69 Å². The van der Waals surface area contributed by atoms with Gasteiger partial charge in [-0.15, -0.1) is 0 Å². The third kappa shape index (κ3) is 4.61. The second-order valence-corrected chi connectivity index (χ2v) is 8.80. The van der Waals surface area contributed by atoms with E-state index in [0.717, 1.165) is 15.6 Å². The standard InChI is InChI=1S/C29H20BrNO4/c1-34-29(33)21-8-5-9-24(16-21)31-26(19-6-3-2-4-7-19)18-22(28(31)32)17-25-14-15-27(35-25)20-10-12-23(30)13-11-20/h2-18H,1H3/b22-17-. The topological polar surface area (TPSA) is 59.8 Å². The lowest BCUT2D eigenvalue weighted by Gasteiger charge is -2.21. The molecule has 3 aromatic carbocycles. The van der Waals surface area contributed by atoms with Gasteiger partial charge >= 0.3 is 5.97 Å². The normalized spacial score (nSPS) is 14.3. The minimum Gasteiger partial charge on any atom is -0.465 e. The van der Waals surface area contributed by atoms with Crippen molar-refractivity contribution in [2.75, 3.05) is 12.0 Å². The molecule has 0 radical (unpaired) electrons. The third-order valence-corrected chi connectivity index (χ3v) is 6.16. The molecule has 0 saturated carbocycles. The van der Waals surface area contributed by atoms with Gasteiger partial charge in [-0.3, -0.25) is 9.69 Å². The maximum absolute atomic E-state index is 13.6. The van der Waals surface area contributed by atoms with Gasteiger partial charge in [0, 0.05) is 15.6 Å². The van der Waals surface area contributed by atoms with Gasteiger partial charge in [0.25, 0.3) is 5.91 Å². The maximum Gasteiger partial charge on any atom is 0.337 e. The Hall–Kier alpha value is -4.16. The van der Waals surface area contributed by atoms with Gasteiger partial charge in [0.05, 0.1) is 24.1 Å². The highest BCUT2D eigenvalue weighted by Gasteiger charge is 2.31. The van der Waals surface area contributed by atoms with Crippen LogP contribution < -0.4 is 4.90 Å². The quantitative estimate of drug-likeness (QED) is 0.208. The molecule has 0 aliphatic carbocycles. The van der Waals surface area contributed by atoms with Crippen molar-refractivity contribution in [3.8, 4) is 11.3 Å². The van der Waals surface area contributed by atoms with Gasteiger partial charge in [-0.1, -0.05) is 64.5 Å². The molecule has 0 fully saturated rings. The Morgan fingerprint density at radius 1 is 0.914 bits per heavy atom. The summed E-state index contributed by atoms with van der Waals surface area (Å²) >= 11 is 3.44. The fourth-order valence-electron chi connectivity index (χ4n) is 3.94. The summed E-state index contributed by atoms with van der Waals surface area (Å²) in [6.45, 7) is 0. The van der Waals surface area contributed by atoms with Crippen LogP contribution in [0.3, 0.4) is 0 Å². The number of hydrogen-bond donors (Lipinski definition) is 0. The van der Waals surface area contributed by atoms with Gasteiger partial charge in [0.2, 0.25) is 0 Å². The molecule has 1 amide bonds. The number of anilines is 1. The summed E-state index contributed by atoms with van der Waals surface area (Å²) in [5.74, 6) is 0.604. The van der Waals surface area contributed by atoms with Gasteiger partial charge in [-0.05, 0) is 60.2 Å². The summed E-state index contributed by atoms with van der Waals surface area (Å²) in [5, 5.41) is 0. The largest absolute Gasteiger partial charge is 0.465 e. The summed E-state index contributed by atoms with van der Waals surface area (Å²) in [4.78, 5) is 27.3. The van der Waals surface area contributed by atoms with E-state index in [9.17, 15) is 9.59 Å². The van der Waals surface area contributed by atoms with Gasteiger partial charge in [-0.25, -0.2) is 4.79 Å². The number of ether oxygens (including phenoxy) is 1. The summed E-state index contributed by atoms with van der Waals surface area (Å²) in [6.07, 6.45) is 3.57. The van der Waals surface area contributed by atoms with Crippen LogP contribution in [0.5, 0.6) is 0 Å². The van der Waals surface area contributed by atoms with E-state index in [0.29, 0.717) is 34.0 Å². The van der Waals surface area contributed by atoms with Crippen molar-refractivity contribution in [1.82, 2.24) is 0 Å². The molecule has 6 heteroatoms. The monoisotopic (exact) mass is 525 g/mol. The molecule has 0 atom stereocenters. The summed E-state index contributed by atoms with van der Waals surface area (Å²) in [6, 6.07) is 28.0. The Morgan fingerprint density at radius 2 is 1.69 bits per heavy atom. The number of rotatable bonds is 5. The molecule has 1 aliphatic heterocycles. The first-order valence-electron chi connectivity index (χ1n) is 10.9. The molecule has 1 aromatic heterocycles. The van der Waals surface area contributed by atoms with Gasteiger partial charge in [-0.2, -0.15) is 0 Å². The molecule has 0 N–H and O–H groups in total. The summed E-state index contributed by atoms with van der Waals surface area (Å²) < 4.78 is 11.9. The molecule has 0 unspecified atom stereocenters. The van der Waals surface area contributed by atoms with Crippen LogP contribution in [0.25, 0.3) is 23.1 Å². The fourth-order valence-corrected chi connectivity index (χ4v) is 4.20. The van der Waals surface area contributed by atoms with Crippen molar-refractivity contribution < 1.29 is 18.7 Å². The number of benzene rings is 3. The zero-order valence-corrected chi connectivity index (χ0v) is 20.4. The molecule has 0 spiro atoms. The average Bonchev–Trinajstić information content (AvgIpc) is 3.49. The van der Waals surface area contributed by atoms with E-state index < -0.39 is 5.97 Å². The number of hydrogen-bond acceptors (Lipinski definition) is 4. The lowest BCUT2D eigenvalue weighted by Crippen LogP contribution is -2.25. The van der Waals surface area contributed by atoms with Crippen LogP contribution in [0.1, 0.15) is 21.7 Å². The first-order chi connectivity index (χ1) is 17.0. The molecular weight excluding hydrogens is 506 g/mol. The van der Waals surface area contributed by atoms with Crippen LogP contribution in [0.15, 0.2) is 112 Å². The Balaban J connectivity index is 1.54. The van der Waals surface area contributed by atoms with Gasteiger partial charge < -0.3 is 9.15 Å². The number of amides is 1. The highest BCUT2D eigenvalue weighted by atomic mass is 79.9. The molecule has 0 saturated heterocycles. The molecule has 1 aliphatic rings. The molecule has 4 aromatic rings. The second-order valence-electron chi connectivity index (χ2n) is 7.89. The van der Waals surface area contributed by atoms with E-state index in [4.69, 9.17) is 9.15 Å². The lowest BCUT2D eigenvalue weighted by molar-refractivity contribution is -0.113. The van der Waals surface area contributed by atoms with Crippen molar-refractivity contribution in [2.24, 2.45) is 0 Å². The Labute approximate surface area is 211 Å². The van der Waals surface area contributed by atoms with E-state index in [-0.39, 0.29) is 5.91 Å². The number of furan rings is 1. The molecule has 0 bridgehead atoms. The SMILES string of the molecule is COC(=O)c1cccc(N2C(=O)/C(=C\c3ccc(-c4ccc(Br)cc4)o3)C=C2c2ccccc2)c1. The zero-order valence-electron chi connectivity index (χ0n) is 18.8. The Bertz CT molecular complexity index is 1470. The third-order valence-electron chi connectivity index (χ3n) is 5.63. The minimum absolute atomic E-state index is 0.215. The smallest absolute Gasteiger partial charge is 0.337 e. The van der Waals surface area contributed by atoms with Gasteiger partial charge in [0.15, 0.2) is 0 Å². The van der Waals surface area contributed by atoms with Crippen molar-refractivity contribution >= 4 is 45.3 Å². The van der Waals surface area contributed by atoms with Crippen LogP contribution >= 0.6 is 15.9 Å². The summed E-state index contributed by atoms with van der Waals surface area (Å²) in [5.41, 5.74) is 3.95. The summed E-state index contributed by atoms with van der Waals surface area (Å²) in [7, 11) is 1.33. The lowest BCUT2D eigenvalue weighted by atomic mass is 10.1. The van der Waals surface area contributed by atoms with Gasteiger partial charge in [0.1, 0.15) is 11.5 Å². The van der Waals surface area contributed by atoms with Crippen molar-refractivity contribution in [1.29, 1.82) is 0 Å². The van der Waals surface area contributed by atoms with E-state index in [1.165, 1.54) is 7.11 Å². The molecule has 5 rings (SSSR count). The average molecular weight is 526 g/mol. The second kappa shape index (κ2) is 9.60. The highest BCUT2D eigenvalue weighted by Crippen LogP contribution is 2.36. The van der Waals surface area contributed by atoms with E-state index in [1.807, 2.05) is 72.8 Å². The van der Waals surface area contributed by atoms with Crippen molar-refractivity contribution in [3.63, 3.8) is 0 Å². The fraction of sp³-hybridized carbons (Fsp3) is 0.0345. The van der Waals surface area contributed by atoms with Crippen molar-refractivity contribution in [3.05, 3.63) is 124 Å². The van der Waals surface area contributed by atoms with Crippen LogP contribution in [0, 0.1) is 0 Å². The number of carbonyl (C=O) groups is 2. The minimum atomic E-state index is -0.462. The highest BCUT2D eigenvalue weighted by molar-refractivity contribution is 9.10. The van der Waals surface area contributed by atoms with Crippen LogP contribution in [-0.4, -0.2) is 19.0 Å². The number of carbonyl (C=O) groups excluding carboxylic acids is 2. The number of halogens is 1. The number of methoxy groups -OCH3 is 1. The Morgan fingerprint density at radius 3 is 2.43 bits per heavy atom. The number of nitrogens with zero attached hydrogens (tertiary/aromatic N) is 1. The molecule has 5 nitrogen and oxygen atoms in total. The van der Waals surface area contributed by atoms with Crippen LogP contribution in [0.2, 0.25) is 0 Å². The first kappa shape index (κ1) is 22.6. The van der Waals surface area contributed by atoms with E-state index in [1.54, 1.807) is 35.2 Å². The first-order valence-corrected chi connectivity index (χ1v) is 11.7. The van der Waals surface area contributed by atoms with Crippen LogP contribution in [-0.2, 0) is 9.53 Å². The van der Waals surface area contributed by atoms with E-state index in [2.05, 4.69) is 15.9 Å². The van der Waals surface area contributed by atoms with E-state index >= 15 is 0 Å². The molecule has 172 valence electrons.